The van der Waals surface area contributed by atoms with E-state index >= 15 is 0 Å². The maximum atomic E-state index is 12.2. The van der Waals surface area contributed by atoms with Crippen molar-refractivity contribution in [1.29, 1.82) is 0 Å². The van der Waals surface area contributed by atoms with Crippen molar-refractivity contribution in [3.05, 3.63) is 40.4 Å². The van der Waals surface area contributed by atoms with E-state index in [1.165, 1.54) is 0 Å². The van der Waals surface area contributed by atoms with Gasteiger partial charge in [0, 0.05) is 23.6 Å². The molecule has 1 atom stereocenters. The molecule has 0 saturated carbocycles. The maximum absolute atomic E-state index is 12.2. The Hall–Kier alpha value is -1.40. The molecular formula is C13H16ClN3O2S. The van der Waals surface area contributed by atoms with Crippen molar-refractivity contribution in [3.63, 3.8) is 0 Å². The first kappa shape index (κ1) is 15.0. The van der Waals surface area contributed by atoms with Gasteiger partial charge in [-0.25, -0.2) is 0 Å². The summed E-state index contributed by atoms with van der Waals surface area (Å²) in [6, 6.07) is 5.42. The Labute approximate surface area is 125 Å². The summed E-state index contributed by atoms with van der Waals surface area (Å²) in [6.07, 6.45) is 0. The number of nitrogens with zero attached hydrogens (tertiary/aromatic N) is 3. The van der Waals surface area contributed by atoms with E-state index in [0.717, 1.165) is 17.2 Å². The highest BCUT2D eigenvalue weighted by Crippen LogP contribution is 2.25. The zero-order valence-corrected chi connectivity index (χ0v) is 13.2. The van der Waals surface area contributed by atoms with Gasteiger partial charge in [0.15, 0.2) is 0 Å². The van der Waals surface area contributed by atoms with E-state index in [0.29, 0.717) is 22.3 Å². The van der Waals surface area contributed by atoms with Gasteiger partial charge in [-0.1, -0.05) is 17.7 Å². The van der Waals surface area contributed by atoms with E-state index in [-0.39, 0.29) is 0 Å². The minimum Gasteiger partial charge on any atom is -0.495 e. The molecule has 0 amide bonds. The van der Waals surface area contributed by atoms with Crippen LogP contribution in [0.1, 0.15) is 17.2 Å². The minimum absolute atomic E-state index is 0.376. The smallest absolute Gasteiger partial charge is 0.145 e. The monoisotopic (exact) mass is 313 g/mol. The van der Waals surface area contributed by atoms with Gasteiger partial charge in [0.1, 0.15) is 17.4 Å². The topological polar surface area (TPSA) is 57.0 Å². The van der Waals surface area contributed by atoms with Gasteiger partial charge in [0.05, 0.1) is 17.9 Å². The molecule has 0 radical (unpaired) electrons. The summed E-state index contributed by atoms with van der Waals surface area (Å²) in [5.74, 6) is 2.95. The molecule has 1 heterocycles. The van der Waals surface area contributed by atoms with E-state index < -0.39 is 10.8 Å². The number of methoxy groups -OCH3 is 1. The fraction of sp³-hybridized carbons (Fsp3) is 0.385. The van der Waals surface area contributed by atoms with Crippen LogP contribution in [0, 0.1) is 6.92 Å². The molecule has 0 bridgehead atoms. The molecule has 0 aliphatic carbocycles. The summed E-state index contributed by atoms with van der Waals surface area (Å²) in [6.45, 7) is 1.86. The number of rotatable bonds is 5. The summed E-state index contributed by atoms with van der Waals surface area (Å²) in [5, 5.41) is 8.49. The predicted octanol–water partition coefficient (Wildman–Crippen LogP) is 2.23. The van der Waals surface area contributed by atoms with Gasteiger partial charge in [0.2, 0.25) is 0 Å². The molecule has 0 saturated heterocycles. The SMILES string of the molecule is COc1ccc(CS(=O)Cc2nnc(C)n2C)cc1Cl. The fourth-order valence-corrected chi connectivity index (χ4v) is 3.23. The average molecular weight is 314 g/mol. The predicted molar refractivity (Wildman–Crippen MR) is 79.3 cm³/mol. The van der Waals surface area contributed by atoms with Gasteiger partial charge in [-0.3, -0.25) is 4.21 Å². The summed E-state index contributed by atoms with van der Waals surface area (Å²) in [4.78, 5) is 0. The molecule has 0 aliphatic heterocycles. The van der Waals surface area contributed by atoms with Crippen molar-refractivity contribution in [1.82, 2.24) is 14.8 Å². The van der Waals surface area contributed by atoms with Crippen LogP contribution < -0.4 is 4.74 Å². The molecule has 0 spiro atoms. The molecule has 1 aromatic carbocycles. The highest BCUT2D eigenvalue weighted by Gasteiger charge is 2.11. The van der Waals surface area contributed by atoms with E-state index in [9.17, 15) is 4.21 Å². The van der Waals surface area contributed by atoms with Crippen molar-refractivity contribution in [3.8, 4) is 5.75 Å². The third-order valence-electron chi connectivity index (χ3n) is 3.02. The molecule has 2 aromatic rings. The van der Waals surface area contributed by atoms with Crippen LogP contribution in [0.25, 0.3) is 0 Å². The second-order valence-corrected chi connectivity index (χ2v) is 6.28. The van der Waals surface area contributed by atoms with E-state index in [2.05, 4.69) is 10.2 Å². The van der Waals surface area contributed by atoms with E-state index in [1.807, 2.05) is 24.6 Å². The lowest BCUT2D eigenvalue weighted by atomic mass is 10.2. The van der Waals surface area contributed by atoms with Crippen molar-refractivity contribution >= 4 is 22.4 Å². The normalized spacial score (nSPS) is 12.4. The lowest BCUT2D eigenvalue weighted by molar-refractivity contribution is 0.415. The first-order valence-electron chi connectivity index (χ1n) is 6.03. The Morgan fingerprint density at radius 2 is 2.10 bits per heavy atom. The molecule has 0 aliphatic rings. The molecule has 5 nitrogen and oxygen atoms in total. The van der Waals surface area contributed by atoms with Gasteiger partial charge >= 0.3 is 0 Å². The van der Waals surface area contributed by atoms with Crippen LogP contribution in [-0.2, 0) is 29.4 Å². The second kappa shape index (κ2) is 6.37. The van der Waals surface area contributed by atoms with Crippen LogP contribution in [0.15, 0.2) is 18.2 Å². The second-order valence-electron chi connectivity index (χ2n) is 4.42. The van der Waals surface area contributed by atoms with Crippen LogP contribution in [0.3, 0.4) is 0 Å². The molecule has 0 fully saturated rings. The van der Waals surface area contributed by atoms with Crippen molar-refractivity contribution in [2.24, 2.45) is 7.05 Å². The summed E-state index contributed by atoms with van der Waals surface area (Å²) < 4.78 is 19.1. The van der Waals surface area contributed by atoms with Gasteiger partial charge in [-0.2, -0.15) is 0 Å². The Morgan fingerprint density at radius 1 is 1.35 bits per heavy atom. The standard InChI is InChI=1S/C13H16ClN3O2S/c1-9-15-16-13(17(9)2)8-20(18)7-10-4-5-12(19-3)11(14)6-10/h4-6H,7-8H2,1-3H3. The van der Waals surface area contributed by atoms with Crippen LogP contribution in [0.2, 0.25) is 5.02 Å². The first-order chi connectivity index (χ1) is 9.51. The molecule has 7 heteroatoms. The summed E-state index contributed by atoms with van der Waals surface area (Å²) in [7, 11) is 2.37. The quantitative estimate of drug-likeness (QED) is 0.849. The highest BCUT2D eigenvalue weighted by molar-refractivity contribution is 7.83. The van der Waals surface area contributed by atoms with E-state index in [4.69, 9.17) is 16.3 Å². The molecule has 108 valence electrons. The van der Waals surface area contributed by atoms with Gasteiger partial charge < -0.3 is 9.30 Å². The van der Waals surface area contributed by atoms with Crippen molar-refractivity contribution in [2.75, 3.05) is 7.11 Å². The maximum Gasteiger partial charge on any atom is 0.145 e. The Kier molecular flexibility index (Phi) is 4.77. The third kappa shape index (κ3) is 3.37. The highest BCUT2D eigenvalue weighted by atomic mass is 35.5. The van der Waals surface area contributed by atoms with Gasteiger partial charge in [0.25, 0.3) is 0 Å². The Bertz CT molecular complexity index is 643. The fourth-order valence-electron chi connectivity index (χ4n) is 1.76. The van der Waals surface area contributed by atoms with Crippen LogP contribution >= 0.6 is 11.6 Å². The minimum atomic E-state index is -1.06. The zero-order valence-electron chi connectivity index (χ0n) is 11.6. The van der Waals surface area contributed by atoms with Crippen LogP contribution in [-0.4, -0.2) is 26.1 Å². The van der Waals surface area contributed by atoms with Crippen LogP contribution in [0.5, 0.6) is 5.75 Å². The van der Waals surface area contributed by atoms with E-state index in [1.54, 1.807) is 19.2 Å². The summed E-state index contributed by atoms with van der Waals surface area (Å²) in [5.41, 5.74) is 0.910. The molecule has 1 unspecified atom stereocenters. The average Bonchev–Trinajstić information content (AvgIpc) is 2.71. The lowest BCUT2D eigenvalue weighted by Crippen LogP contribution is -2.06. The molecule has 0 N–H and O–H groups in total. The first-order valence-corrected chi connectivity index (χ1v) is 7.90. The number of aryl methyl sites for hydroxylation is 1. The number of aromatic nitrogens is 3. The lowest BCUT2D eigenvalue weighted by Gasteiger charge is -2.06. The number of benzene rings is 1. The van der Waals surface area contributed by atoms with Crippen molar-refractivity contribution in [2.45, 2.75) is 18.4 Å². The van der Waals surface area contributed by atoms with Gasteiger partial charge in [-0.15, -0.1) is 10.2 Å². The number of hydrogen-bond acceptors (Lipinski definition) is 4. The molecule has 2 rings (SSSR count). The number of ether oxygens (including phenoxy) is 1. The largest absolute Gasteiger partial charge is 0.495 e. The molecule has 1 aromatic heterocycles. The summed E-state index contributed by atoms with van der Waals surface area (Å²) >= 11 is 6.05. The number of halogens is 1. The van der Waals surface area contributed by atoms with Crippen LogP contribution in [0.4, 0.5) is 0 Å². The molecular weight excluding hydrogens is 298 g/mol. The van der Waals surface area contributed by atoms with Gasteiger partial charge in [-0.05, 0) is 24.6 Å². The van der Waals surface area contributed by atoms with Crippen molar-refractivity contribution < 1.29 is 8.95 Å². The number of hydrogen-bond donors (Lipinski definition) is 0. The Balaban J connectivity index is 2.05. The zero-order chi connectivity index (χ0) is 14.7. The Morgan fingerprint density at radius 3 is 2.65 bits per heavy atom. The molecule has 20 heavy (non-hydrogen) atoms. The third-order valence-corrected chi connectivity index (χ3v) is 4.55.